The summed E-state index contributed by atoms with van der Waals surface area (Å²) in [7, 11) is 1.54. The average molecular weight is 384 g/mol. The first kappa shape index (κ1) is 15.2. The van der Waals surface area contributed by atoms with Crippen LogP contribution in [0.25, 0.3) is 0 Å². The number of halogens is 1. The molecule has 2 aromatic heterocycles. The number of carbonyl (C=O) groups excluding carboxylic acids is 1. The van der Waals surface area contributed by atoms with Crippen molar-refractivity contribution >= 4 is 33.2 Å². The summed E-state index contributed by atoms with van der Waals surface area (Å²) in [4.78, 5) is 14.9. The van der Waals surface area contributed by atoms with Crippen molar-refractivity contribution < 1.29 is 14.3 Å². The summed E-state index contributed by atoms with van der Waals surface area (Å²) in [6, 6.07) is 5.26. The van der Waals surface area contributed by atoms with Crippen molar-refractivity contribution in [1.82, 2.24) is 15.1 Å². The lowest BCUT2D eigenvalue weighted by Crippen LogP contribution is -2.30. The highest BCUT2D eigenvalue weighted by molar-refractivity contribution is 9.10. The van der Waals surface area contributed by atoms with Gasteiger partial charge in [-0.2, -0.15) is 0 Å². The lowest BCUT2D eigenvalue weighted by atomic mass is 10.3. The molecule has 1 fully saturated rings. The number of rotatable bonds is 4. The summed E-state index contributed by atoms with van der Waals surface area (Å²) in [5.41, 5.74) is 0. The van der Waals surface area contributed by atoms with Crippen molar-refractivity contribution in [2.24, 2.45) is 0 Å². The van der Waals surface area contributed by atoms with Crippen LogP contribution in [0, 0.1) is 0 Å². The fourth-order valence-corrected chi connectivity index (χ4v) is 3.63. The number of aromatic nitrogens is 2. The second-order valence-electron chi connectivity index (χ2n) is 4.82. The van der Waals surface area contributed by atoms with Crippen LogP contribution in [-0.2, 0) is 0 Å². The van der Waals surface area contributed by atoms with E-state index in [0.29, 0.717) is 24.8 Å². The zero-order valence-corrected chi connectivity index (χ0v) is 14.3. The molecule has 1 saturated heterocycles. The zero-order chi connectivity index (χ0) is 15.5. The van der Waals surface area contributed by atoms with Gasteiger partial charge in [-0.3, -0.25) is 4.79 Å². The van der Waals surface area contributed by atoms with Crippen molar-refractivity contribution in [3.63, 3.8) is 0 Å². The normalized spacial score (nSPS) is 17.5. The first-order valence-corrected chi connectivity index (χ1v) is 8.40. The Hall–Kier alpha value is -1.67. The SMILES string of the molecule is COc1ccc(OC2CCN(C(=O)c3cc(Br)cs3)C2)nn1. The van der Waals surface area contributed by atoms with Crippen molar-refractivity contribution in [2.75, 3.05) is 20.2 Å². The lowest BCUT2D eigenvalue weighted by Gasteiger charge is -2.16. The number of hydrogen-bond acceptors (Lipinski definition) is 6. The van der Waals surface area contributed by atoms with E-state index in [2.05, 4.69) is 26.1 Å². The van der Waals surface area contributed by atoms with E-state index in [9.17, 15) is 4.79 Å². The third-order valence-electron chi connectivity index (χ3n) is 3.32. The summed E-state index contributed by atoms with van der Waals surface area (Å²) in [6.07, 6.45) is 0.724. The van der Waals surface area contributed by atoms with Gasteiger partial charge in [-0.1, -0.05) is 0 Å². The monoisotopic (exact) mass is 383 g/mol. The van der Waals surface area contributed by atoms with Crippen LogP contribution >= 0.6 is 27.3 Å². The maximum absolute atomic E-state index is 12.4. The van der Waals surface area contributed by atoms with Crippen LogP contribution < -0.4 is 9.47 Å². The molecule has 0 radical (unpaired) electrons. The Morgan fingerprint density at radius 1 is 1.41 bits per heavy atom. The number of nitrogens with zero attached hydrogens (tertiary/aromatic N) is 3. The second-order valence-corrected chi connectivity index (χ2v) is 6.65. The molecule has 22 heavy (non-hydrogen) atoms. The predicted molar refractivity (Wildman–Crippen MR) is 85.5 cm³/mol. The molecule has 0 aliphatic carbocycles. The molecular weight excluding hydrogens is 370 g/mol. The number of methoxy groups -OCH3 is 1. The van der Waals surface area contributed by atoms with E-state index >= 15 is 0 Å². The minimum absolute atomic E-state index is 0.0441. The van der Waals surface area contributed by atoms with Crippen LogP contribution in [0.1, 0.15) is 16.1 Å². The molecule has 116 valence electrons. The van der Waals surface area contributed by atoms with E-state index < -0.39 is 0 Å². The Balaban J connectivity index is 1.58. The summed E-state index contributed by atoms with van der Waals surface area (Å²) in [5, 5.41) is 9.71. The lowest BCUT2D eigenvalue weighted by molar-refractivity contribution is 0.0775. The quantitative estimate of drug-likeness (QED) is 0.811. The van der Waals surface area contributed by atoms with Gasteiger partial charge < -0.3 is 14.4 Å². The highest BCUT2D eigenvalue weighted by Gasteiger charge is 2.29. The van der Waals surface area contributed by atoms with Crippen molar-refractivity contribution in [1.29, 1.82) is 0 Å². The van der Waals surface area contributed by atoms with Gasteiger partial charge in [0.15, 0.2) is 0 Å². The van der Waals surface area contributed by atoms with Gasteiger partial charge in [-0.05, 0) is 22.0 Å². The number of carbonyl (C=O) groups is 1. The highest BCUT2D eigenvalue weighted by Crippen LogP contribution is 2.24. The van der Waals surface area contributed by atoms with Gasteiger partial charge >= 0.3 is 0 Å². The topological polar surface area (TPSA) is 64.6 Å². The Kier molecular flexibility index (Phi) is 4.58. The number of hydrogen-bond donors (Lipinski definition) is 0. The third-order valence-corrected chi connectivity index (χ3v) is 5.00. The summed E-state index contributed by atoms with van der Waals surface area (Å²) < 4.78 is 11.7. The van der Waals surface area contributed by atoms with Crippen LogP contribution in [-0.4, -0.2) is 47.3 Å². The molecule has 0 saturated carbocycles. The molecule has 0 spiro atoms. The molecular formula is C14H14BrN3O3S. The van der Waals surface area contributed by atoms with Gasteiger partial charge in [0.2, 0.25) is 11.8 Å². The number of ether oxygens (including phenoxy) is 2. The fraction of sp³-hybridized carbons (Fsp3) is 0.357. The maximum Gasteiger partial charge on any atom is 0.264 e. The van der Waals surface area contributed by atoms with Crippen LogP contribution in [0.5, 0.6) is 11.8 Å². The summed E-state index contributed by atoms with van der Waals surface area (Å²) in [5.74, 6) is 0.931. The maximum atomic E-state index is 12.4. The molecule has 0 N–H and O–H groups in total. The fourth-order valence-electron chi connectivity index (χ4n) is 2.24. The highest BCUT2D eigenvalue weighted by atomic mass is 79.9. The average Bonchev–Trinajstić information content (AvgIpc) is 3.16. The van der Waals surface area contributed by atoms with E-state index in [1.807, 2.05) is 11.4 Å². The molecule has 6 nitrogen and oxygen atoms in total. The number of likely N-dealkylation sites (tertiary alicyclic amines) is 1. The van der Waals surface area contributed by atoms with E-state index in [1.54, 1.807) is 17.0 Å². The van der Waals surface area contributed by atoms with Crippen molar-refractivity contribution in [3.8, 4) is 11.8 Å². The number of amides is 1. The standard InChI is InChI=1S/C14H14BrN3O3S/c1-20-12-2-3-13(17-16-12)21-10-4-5-18(7-10)14(19)11-6-9(15)8-22-11/h2-3,6,8,10H,4-5,7H2,1H3. The van der Waals surface area contributed by atoms with Gasteiger partial charge in [0, 0.05) is 35.0 Å². The van der Waals surface area contributed by atoms with Crippen LogP contribution in [0.4, 0.5) is 0 Å². The Morgan fingerprint density at radius 2 is 2.18 bits per heavy atom. The van der Waals surface area contributed by atoms with Gasteiger partial charge in [0.25, 0.3) is 5.91 Å². The van der Waals surface area contributed by atoms with Gasteiger partial charge in [-0.15, -0.1) is 21.5 Å². The molecule has 1 amide bonds. The molecule has 8 heteroatoms. The molecule has 2 aromatic rings. The summed E-state index contributed by atoms with van der Waals surface area (Å²) >= 11 is 4.81. The van der Waals surface area contributed by atoms with E-state index in [4.69, 9.17) is 9.47 Å². The van der Waals surface area contributed by atoms with Gasteiger partial charge in [-0.25, -0.2) is 0 Å². The van der Waals surface area contributed by atoms with E-state index in [0.717, 1.165) is 15.8 Å². The Morgan fingerprint density at radius 3 is 2.82 bits per heavy atom. The van der Waals surface area contributed by atoms with Crippen molar-refractivity contribution in [3.05, 3.63) is 32.9 Å². The molecule has 1 atom stereocenters. The number of thiophene rings is 1. The Labute approximate surface area is 140 Å². The van der Waals surface area contributed by atoms with E-state index in [-0.39, 0.29) is 12.0 Å². The minimum atomic E-state index is -0.0601. The smallest absolute Gasteiger partial charge is 0.264 e. The summed E-state index contributed by atoms with van der Waals surface area (Å²) in [6.45, 7) is 1.24. The second kappa shape index (κ2) is 6.62. The third kappa shape index (κ3) is 3.38. The molecule has 1 aliphatic heterocycles. The molecule has 1 unspecified atom stereocenters. The largest absolute Gasteiger partial charge is 0.480 e. The van der Waals surface area contributed by atoms with Crippen LogP contribution in [0.2, 0.25) is 0 Å². The first-order chi connectivity index (χ1) is 10.7. The zero-order valence-electron chi connectivity index (χ0n) is 11.9. The molecule has 3 rings (SSSR count). The molecule has 1 aliphatic rings. The molecule has 0 aromatic carbocycles. The molecule has 0 bridgehead atoms. The van der Waals surface area contributed by atoms with Crippen molar-refractivity contribution in [2.45, 2.75) is 12.5 Å². The Bertz CT molecular complexity index is 662. The van der Waals surface area contributed by atoms with Gasteiger partial charge in [0.05, 0.1) is 18.5 Å². The van der Waals surface area contributed by atoms with Gasteiger partial charge in [0.1, 0.15) is 6.10 Å². The van der Waals surface area contributed by atoms with Crippen LogP contribution in [0.15, 0.2) is 28.1 Å². The molecule has 3 heterocycles. The van der Waals surface area contributed by atoms with Crippen LogP contribution in [0.3, 0.4) is 0 Å². The minimum Gasteiger partial charge on any atom is -0.480 e. The predicted octanol–water partition coefficient (Wildman–Crippen LogP) is 2.60. The first-order valence-electron chi connectivity index (χ1n) is 6.73. The van der Waals surface area contributed by atoms with E-state index in [1.165, 1.54) is 18.4 Å².